The third kappa shape index (κ3) is 2.35. The molecule has 1 aliphatic heterocycles. The number of pyridine rings is 1. The van der Waals surface area contributed by atoms with Crippen LogP contribution in [0.4, 0.5) is 8.78 Å². The molecule has 3 heterocycles. The Morgan fingerprint density at radius 1 is 1.04 bits per heavy atom. The van der Waals surface area contributed by atoms with Crippen molar-refractivity contribution < 1.29 is 8.78 Å². The van der Waals surface area contributed by atoms with Crippen molar-refractivity contribution >= 4 is 32.8 Å². The standard InChI is InChI=1S/C17H12BrF2N5/c1-16(2)17(19,20)12-9(5-3-6-10(12)18)13(23-16)15-22-11-7-4-8-21-14(11)24-25-15/h3-8H,1-2H3. The molecule has 3 aromatic rings. The summed E-state index contributed by atoms with van der Waals surface area (Å²) in [6.07, 6.45) is 1.59. The lowest BCUT2D eigenvalue weighted by atomic mass is 9.83. The number of hydrogen-bond donors (Lipinski definition) is 0. The summed E-state index contributed by atoms with van der Waals surface area (Å²) in [6.45, 7) is 2.79. The highest BCUT2D eigenvalue weighted by Gasteiger charge is 2.54. The average molecular weight is 404 g/mol. The van der Waals surface area contributed by atoms with Crippen LogP contribution in [0.15, 0.2) is 46.0 Å². The number of alkyl halides is 2. The molecule has 0 N–H and O–H groups in total. The molecule has 0 atom stereocenters. The van der Waals surface area contributed by atoms with E-state index in [0.717, 1.165) is 0 Å². The molecular formula is C17H12BrF2N5. The van der Waals surface area contributed by atoms with E-state index < -0.39 is 11.5 Å². The zero-order chi connectivity index (χ0) is 17.8. The van der Waals surface area contributed by atoms with Gasteiger partial charge in [-0.15, -0.1) is 10.2 Å². The number of hydrogen-bond acceptors (Lipinski definition) is 5. The lowest BCUT2D eigenvalue weighted by molar-refractivity contribution is -0.0688. The lowest BCUT2D eigenvalue weighted by Gasteiger charge is -2.37. The maximum atomic E-state index is 15.0. The van der Waals surface area contributed by atoms with Gasteiger partial charge in [0.1, 0.15) is 16.8 Å². The Labute approximate surface area is 150 Å². The van der Waals surface area contributed by atoms with Gasteiger partial charge in [-0.1, -0.05) is 28.1 Å². The maximum absolute atomic E-state index is 15.0. The minimum absolute atomic E-state index is 0.111. The summed E-state index contributed by atoms with van der Waals surface area (Å²) < 4.78 is 30.3. The van der Waals surface area contributed by atoms with Crippen LogP contribution < -0.4 is 0 Å². The summed E-state index contributed by atoms with van der Waals surface area (Å²) in [7, 11) is 0. The minimum atomic E-state index is -3.14. The maximum Gasteiger partial charge on any atom is 0.299 e. The van der Waals surface area contributed by atoms with Crippen molar-refractivity contribution in [1.29, 1.82) is 0 Å². The second kappa shape index (κ2) is 5.32. The van der Waals surface area contributed by atoms with Gasteiger partial charge in [-0.2, -0.15) is 8.78 Å². The molecule has 0 amide bonds. The first-order chi connectivity index (χ1) is 11.8. The second-order valence-corrected chi connectivity index (χ2v) is 7.09. The Morgan fingerprint density at radius 3 is 2.64 bits per heavy atom. The van der Waals surface area contributed by atoms with Crippen LogP contribution >= 0.6 is 15.9 Å². The molecular weight excluding hydrogens is 392 g/mol. The Hall–Kier alpha value is -2.35. The number of rotatable bonds is 1. The summed E-state index contributed by atoms with van der Waals surface area (Å²) in [4.78, 5) is 12.8. The molecule has 0 radical (unpaired) electrons. The fraction of sp³-hybridized carbons (Fsp3) is 0.235. The smallest absolute Gasteiger partial charge is 0.268 e. The number of benzene rings is 1. The third-order valence-corrected chi connectivity index (χ3v) is 4.85. The van der Waals surface area contributed by atoms with E-state index in [0.29, 0.717) is 26.9 Å². The van der Waals surface area contributed by atoms with Crippen molar-refractivity contribution in [2.24, 2.45) is 4.99 Å². The fourth-order valence-electron chi connectivity index (χ4n) is 2.81. The van der Waals surface area contributed by atoms with Crippen LogP contribution in [0.5, 0.6) is 0 Å². The molecule has 2 aromatic heterocycles. The minimum Gasteiger partial charge on any atom is -0.268 e. The molecule has 1 aromatic carbocycles. The van der Waals surface area contributed by atoms with Crippen LogP contribution in [-0.2, 0) is 5.92 Å². The van der Waals surface area contributed by atoms with Gasteiger partial charge in [-0.3, -0.25) is 4.99 Å². The van der Waals surface area contributed by atoms with Gasteiger partial charge in [0.15, 0.2) is 5.65 Å². The molecule has 0 bridgehead atoms. The van der Waals surface area contributed by atoms with Crippen LogP contribution in [0.3, 0.4) is 0 Å². The summed E-state index contributed by atoms with van der Waals surface area (Å²) >= 11 is 3.25. The first-order valence-electron chi connectivity index (χ1n) is 7.54. The first-order valence-corrected chi connectivity index (χ1v) is 8.33. The monoisotopic (exact) mass is 403 g/mol. The molecule has 4 rings (SSSR count). The highest BCUT2D eigenvalue weighted by Crippen LogP contribution is 2.49. The number of nitrogens with zero attached hydrogens (tertiary/aromatic N) is 5. The highest BCUT2D eigenvalue weighted by atomic mass is 79.9. The van der Waals surface area contributed by atoms with E-state index in [1.165, 1.54) is 13.8 Å². The van der Waals surface area contributed by atoms with Crippen molar-refractivity contribution in [3.8, 4) is 0 Å². The van der Waals surface area contributed by atoms with Gasteiger partial charge in [0.2, 0.25) is 5.82 Å². The van der Waals surface area contributed by atoms with Crippen molar-refractivity contribution in [3.63, 3.8) is 0 Å². The molecule has 0 saturated carbocycles. The van der Waals surface area contributed by atoms with Crippen molar-refractivity contribution in [2.75, 3.05) is 0 Å². The summed E-state index contributed by atoms with van der Waals surface area (Å²) in [5.41, 5.74) is -0.246. The van der Waals surface area contributed by atoms with E-state index in [4.69, 9.17) is 0 Å². The van der Waals surface area contributed by atoms with Crippen molar-refractivity contribution in [3.05, 3.63) is 58.0 Å². The summed E-state index contributed by atoms with van der Waals surface area (Å²) in [5.74, 6) is -2.94. The zero-order valence-corrected chi connectivity index (χ0v) is 14.9. The molecule has 5 nitrogen and oxygen atoms in total. The van der Waals surface area contributed by atoms with E-state index in [1.54, 1.807) is 36.5 Å². The van der Waals surface area contributed by atoms with Crippen LogP contribution in [0.1, 0.15) is 30.8 Å². The van der Waals surface area contributed by atoms with Crippen molar-refractivity contribution in [1.82, 2.24) is 20.2 Å². The molecule has 8 heteroatoms. The van der Waals surface area contributed by atoms with Crippen molar-refractivity contribution in [2.45, 2.75) is 25.3 Å². The van der Waals surface area contributed by atoms with Crippen LogP contribution in [-0.4, -0.2) is 31.4 Å². The molecule has 25 heavy (non-hydrogen) atoms. The highest BCUT2D eigenvalue weighted by molar-refractivity contribution is 9.10. The number of fused-ring (bicyclic) bond motifs is 2. The van der Waals surface area contributed by atoms with Gasteiger partial charge >= 0.3 is 0 Å². The zero-order valence-electron chi connectivity index (χ0n) is 13.3. The summed E-state index contributed by atoms with van der Waals surface area (Å²) in [5, 5.41) is 8.09. The average Bonchev–Trinajstić information content (AvgIpc) is 2.58. The normalized spacial score (nSPS) is 17.9. The molecule has 0 aliphatic carbocycles. The van der Waals surface area contributed by atoms with Gasteiger partial charge in [-0.25, -0.2) is 9.97 Å². The second-order valence-electron chi connectivity index (χ2n) is 6.24. The van der Waals surface area contributed by atoms with E-state index in [-0.39, 0.29) is 11.4 Å². The van der Waals surface area contributed by atoms with Gasteiger partial charge in [0.05, 0.1) is 0 Å². The molecule has 0 unspecified atom stereocenters. The van der Waals surface area contributed by atoms with Crippen LogP contribution in [0.2, 0.25) is 0 Å². The number of aliphatic imine (C=N–C) groups is 1. The predicted molar refractivity (Wildman–Crippen MR) is 92.9 cm³/mol. The lowest BCUT2D eigenvalue weighted by Crippen LogP contribution is -2.44. The molecule has 0 spiro atoms. The summed E-state index contributed by atoms with van der Waals surface area (Å²) in [6, 6.07) is 8.34. The SMILES string of the molecule is CC1(C)N=C(c2nnc3ncccc3n2)c2cccc(Br)c2C1(F)F. The predicted octanol–water partition coefficient (Wildman–Crippen LogP) is 3.90. The Balaban J connectivity index is 2.00. The van der Waals surface area contributed by atoms with Crippen LogP contribution in [0.25, 0.3) is 11.2 Å². The van der Waals surface area contributed by atoms with Gasteiger partial charge in [0, 0.05) is 21.8 Å². The fourth-order valence-corrected chi connectivity index (χ4v) is 3.43. The largest absolute Gasteiger partial charge is 0.299 e. The Morgan fingerprint density at radius 2 is 1.84 bits per heavy atom. The quantitative estimate of drug-likeness (QED) is 0.617. The molecule has 126 valence electrons. The molecule has 0 saturated heterocycles. The molecule has 1 aliphatic rings. The van der Waals surface area contributed by atoms with Crippen LogP contribution in [0, 0.1) is 0 Å². The van der Waals surface area contributed by atoms with E-state index in [2.05, 4.69) is 41.1 Å². The Kier molecular flexibility index (Phi) is 3.44. The topological polar surface area (TPSA) is 63.9 Å². The van der Waals surface area contributed by atoms with E-state index >= 15 is 0 Å². The number of halogens is 3. The van der Waals surface area contributed by atoms with Gasteiger partial charge < -0.3 is 0 Å². The van der Waals surface area contributed by atoms with E-state index in [9.17, 15) is 8.78 Å². The molecule has 0 fully saturated rings. The van der Waals surface area contributed by atoms with Gasteiger partial charge in [0.25, 0.3) is 5.92 Å². The van der Waals surface area contributed by atoms with E-state index in [1.807, 2.05) is 0 Å². The third-order valence-electron chi connectivity index (χ3n) is 4.19. The Bertz CT molecular complexity index is 1030. The first kappa shape index (κ1) is 16.1. The number of aromatic nitrogens is 4. The van der Waals surface area contributed by atoms with Gasteiger partial charge in [-0.05, 0) is 32.0 Å².